The monoisotopic (exact) mass is 276 g/mol. The van der Waals surface area contributed by atoms with Crippen LogP contribution in [0.3, 0.4) is 0 Å². The number of benzene rings is 3. The van der Waals surface area contributed by atoms with E-state index in [-0.39, 0.29) is 0 Å². The molecule has 4 rings (SSSR count). The normalized spacial score (nSPS) is 11.9. The minimum absolute atomic E-state index is 1.35. The third-order valence-corrected chi connectivity index (χ3v) is 5.23. The number of thioether (sulfide) groups is 1. The van der Waals surface area contributed by atoms with Gasteiger partial charge in [0.05, 0.1) is 0 Å². The van der Waals surface area contributed by atoms with Gasteiger partial charge in [0.1, 0.15) is 0 Å². The molecule has 0 N–H and O–H groups in total. The van der Waals surface area contributed by atoms with Crippen LogP contribution in [0.25, 0.3) is 33.0 Å². The van der Waals surface area contributed by atoms with E-state index in [2.05, 4.69) is 62.6 Å². The van der Waals surface area contributed by atoms with E-state index in [1.54, 1.807) is 0 Å². The van der Waals surface area contributed by atoms with Gasteiger partial charge in [0, 0.05) is 4.90 Å². The fraction of sp³-hybridized carbons (Fsp3) is 0.158. The molecule has 1 aliphatic carbocycles. The smallest absolute Gasteiger partial charge is 0.00757 e. The third-order valence-electron chi connectivity index (χ3n) is 4.50. The molecule has 0 atom stereocenters. The molecule has 3 aromatic rings. The highest BCUT2D eigenvalue weighted by atomic mass is 32.2. The summed E-state index contributed by atoms with van der Waals surface area (Å²) in [5, 5.41) is 2.78. The van der Waals surface area contributed by atoms with E-state index in [0.717, 1.165) is 0 Å². The second-order valence-corrected chi connectivity index (χ2v) is 6.34. The van der Waals surface area contributed by atoms with Gasteiger partial charge in [-0.15, -0.1) is 11.8 Å². The van der Waals surface area contributed by atoms with Gasteiger partial charge in [-0.25, -0.2) is 0 Å². The molecule has 20 heavy (non-hydrogen) atoms. The van der Waals surface area contributed by atoms with Crippen LogP contribution in [0.1, 0.15) is 11.1 Å². The molecule has 1 heteroatoms. The molecule has 0 heterocycles. The Labute approximate surface area is 123 Å². The molecule has 0 amide bonds. The van der Waals surface area contributed by atoms with Crippen LogP contribution in [0.5, 0.6) is 0 Å². The van der Waals surface area contributed by atoms with Gasteiger partial charge < -0.3 is 0 Å². The van der Waals surface area contributed by atoms with Gasteiger partial charge in [-0.05, 0) is 76.4 Å². The summed E-state index contributed by atoms with van der Waals surface area (Å²) in [6, 6.07) is 15.6. The number of hydrogen-bond acceptors (Lipinski definition) is 1. The molecule has 0 bridgehead atoms. The van der Waals surface area contributed by atoms with Crippen LogP contribution in [-0.4, -0.2) is 6.26 Å². The number of hydrogen-bond donors (Lipinski definition) is 0. The first-order chi connectivity index (χ1) is 9.72. The molecule has 3 aromatic carbocycles. The van der Waals surface area contributed by atoms with E-state index in [1.165, 1.54) is 49.0 Å². The average Bonchev–Trinajstić information content (AvgIpc) is 2.47. The van der Waals surface area contributed by atoms with E-state index in [1.807, 2.05) is 11.8 Å². The van der Waals surface area contributed by atoms with E-state index in [0.29, 0.717) is 0 Å². The molecule has 1 aliphatic rings. The zero-order valence-electron chi connectivity index (χ0n) is 11.9. The average molecular weight is 276 g/mol. The molecule has 0 unspecified atom stereocenters. The second kappa shape index (κ2) is 4.13. The zero-order chi connectivity index (χ0) is 13.9. The Morgan fingerprint density at radius 3 is 1.95 bits per heavy atom. The molecular weight excluding hydrogens is 260 g/mol. The lowest BCUT2D eigenvalue weighted by molar-refractivity contribution is 1.36. The molecule has 0 saturated carbocycles. The molecule has 0 fully saturated rings. The van der Waals surface area contributed by atoms with Crippen LogP contribution in [0.4, 0.5) is 0 Å². The zero-order valence-corrected chi connectivity index (χ0v) is 12.8. The highest BCUT2D eigenvalue weighted by Crippen LogP contribution is 2.53. The third kappa shape index (κ3) is 1.39. The first kappa shape index (κ1) is 12.0. The summed E-state index contributed by atoms with van der Waals surface area (Å²) in [5.74, 6) is 0. The van der Waals surface area contributed by atoms with Gasteiger partial charge in [-0.2, -0.15) is 0 Å². The molecule has 0 nitrogen and oxygen atoms in total. The minimum Gasteiger partial charge on any atom is -0.130 e. The van der Waals surface area contributed by atoms with Crippen molar-refractivity contribution in [1.29, 1.82) is 0 Å². The fourth-order valence-electron chi connectivity index (χ4n) is 3.47. The lowest BCUT2D eigenvalue weighted by atomic mass is 9.74. The maximum Gasteiger partial charge on any atom is 0.00757 e. The molecule has 98 valence electrons. The van der Waals surface area contributed by atoms with Gasteiger partial charge in [-0.3, -0.25) is 0 Å². The van der Waals surface area contributed by atoms with Crippen LogP contribution in [0.2, 0.25) is 0 Å². The van der Waals surface area contributed by atoms with Crippen molar-refractivity contribution in [2.75, 3.05) is 6.26 Å². The number of rotatable bonds is 1. The summed E-state index contributed by atoms with van der Waals surface area (Å²) >= 11 is 1.81. The SMILES string of the molecule is CSc1ccc2c(c1)-c1c-2c(C)c2ccccc2c1C. The number of aryl methyl sites for hydroxylation is 2. The Morgan fingerprint density at radius 1 is 0.750 bits per heavy atom. The largest absolute Gasteiger partial charge is 0.130 e. The van der Waals surface area contributed by atoms with Gasteiger partial charge in [0.25, 0.3) is 0 Å². The fourth-order valence-corrected chi connectivity index (χ4v) is 3.91. The van der Waals surface area contributed by atoms with Crippen LogP contribution in [0.15, 0.2) is 47.4 Å². The van der Waals surface area contributed by atoms with Gasteiger partial charge in [-0.1, -0.05) is 30.3 Å². The first-order valence-electron chi connectivity index (χ1n) is 6.93. The summed E-state index contributed by atoms with van der Waals surface area (Å²) in [5.41, 5.74) is 8.62. The topological polar surface area (TPSA) is 0 Å². The van der Waals surface area contributed by atoms with E-state index >= 15 is 0 Å². The Morgan fingerprint density at radius 2 is 1.35 bits per heavy atom. The Balaban J connectivity index is 2.10. The van der Waals surface area contributed by atoms with Crippen molar-refractivity contribution >= 4 is 22.5 Å². The molecule has 0 radical (unpaired) electrons. The van der Waals surface area contributed by atoms with Crippen molar-refractivity contribution in [3.8, 4) is 22.3 Å². The van der Waals surface area contributed by atoms with E-state index in [9.17, 15) is 0 Å². The predicted octanol–water partition coefficient (Wildman–Crippen LogP) is 5.83. The van der Waals surface area contributed by atoms with Crippen LogP contribution < -0.4 is 0 Å². The van der Waals surface area contributed by atoms with Crippen LogP contribution in [0, 0.1) is 13.8 Å². The quantitative estimate of drug-likeness (QED) is 0.394. The van der Waals surface area contributed by atoms with Crippen molar-refractivity contribution in [2.24, 2.45) is 0 Å². The van der Waals surface area contributed by atoms with Crippen molar-refractivity contribution < 1.29 is 0 Å². The summed E-state index contributed by atoms with van der Waals surface area (Å²) in [6.45, 7) is 4.52. The lowest BCUT2D eigenvalue weighted by Gasteiger charge is -2.30. The van der Waals surface area contributed by atoms with E-state index < -0.39 is 0 Å². The maximum atomic E-state index is 2.34. The van der Waals surface area contributed by atoms with Gasteiger partial charge >= 0.3 is 0 Å². The van der Waals surface area contributed by atoms with Crippen molar-refractivity contribution in [3.05, 3.63) is 53.6 Å². The Bertz CT molecular complexity index is 859. The molecule has 0 aliphatic heterocycles. The first-order valence-corrected chi connectivity index (χ1v) is 8.15. The molecule has 0 aromatic heterocycles. The minimum atomic E-state index is 1.35. The number of fused-ring (bicyclic) bond motifs is 5. The molecule has 0 saturated heterocycles. The summed E-state index contributed by atoms with van der Waals surface area (Å²) in [4.78, 5) is 1.35. The standard InChI is InChI=1S/C19H16S/c1-11-14-6-4-5-7-15(14)12(2)19-17-10-13(20-3)8-9-16(17)18(11)19/h4-10H,1-3H3. The maximum absolute atomic E-state index is 2.34. The summed E-state index contributed by atoms with van der Waals surface area (Å²) in [6.07, 6.45) is 2.14. The van der Waals surface area contributed by atoms with Crippen LogP contribution in [-0.2, 0) is 0 Å². The summed E-state index contributed by atoms with van der Waals surface area (Å²) < 4.78 is 0. The van der Waals surface area contributed by atoms with Crippen LogP contribution >= 0.6 is 11.8 Å². The summed E-state index contributed by atoms with van der Waals surface area (Å²) in [7, 11) is 0. The molecule has 0 spiro atoms. The Hall–Kier alpha value is -1.73. The van der Waals surface area contributed by atoms with Gasteiger partial charge in [0.15, 0.2) is 0 Å². The van der Waals surface area contributed by atoms with Gasteiger partial charge in [0.2, 0.25) is 0 Å². The van der Waals surface area contributed by atoms with E-state index in [4.69, 9.17) is 0 Å². The second-order valence-electron chi connectivity index (χ2n) is 5.46. The van der Waals surface area contributed by atoms with Crippen molar-refractivity contribution in [1.82, 2.24) is 0 Å². The highest BCUT2D eigenvalue weighted by molar-refractivity contribution is 7.98. The van der Waals surface area contributed by atoms with Crippen molar-refractivity contribution in [2.45, 2.75) is 18.7 Å². The van der Waals surface area contributed by atoms with Crippen molar-refractivity contribution in [3.63, 3.8) is 0 Å². The molecular formula is C19H16S. The Kier molecular flexibility index (Phi) is 2.49. The lowest BCUT2D eigenvalue weighted by Crippen LogP contribution is -2.05. The highest BCUT2D eigenvalue weighted by Gasteiger charge is 2.28. The predicted molar refractivity (Wildman–Crippen MR) is 89.6 cm³/mol.